The van der Waals surface area contributed by atoms with Gasteiger partial charge in [-0.25, -0.2) is 0 Å². The van der Waals surface area contributed by atoms with Gasteiger partial charge in [0.1, 0.15) is 22.7 Å². The van der Waals surface area contributed by atoms with E-state index in [2.05, 4.69) is 33.0 Å². The number of carbonyl (C=O) groups is 1. The zero-order valence-electron chi connectivity index (χ0n) is 16.6. The van der Waals surface area contributed by atoms with Gasteiger partial charge in [0.25, 0.3) is 0 Å². The Morgan fingerprint density at radius 2 is 1.83 bits per heavy atom. The van der Waals surface area contributed by atoms with Crippen LogP contribution in [0.5, 0.6) is 0 Å². The van der Waals surface area contributed by atoms with Gasteiger partial charge in [0.2, 0.25) is 17.4 Å². The van der Waals surface area contributed by atoms with Crippen molar-refractivity contribution in [1.29, 1.82) is 5.26 Å². The van der Waals surface area contributed by atoms with Crippen LogP contribution in [0, 0.1) is 18.3 Å². The highest BCUT2D eigenvalue weighted by molar-refractivity contribution is 5.89. The van der Waals surface area contributed by atoms with Gasteiger partial charge in [-0.05, 0) is 55.3 Å². The first-order chi connectivity index (χ1) is 14.0. The van der Waals surface area contributed by atoms with Crippen LogP contribution in [0.25, 0.3) is 16.7 Å². The van der Waals surface area contributed by atoms with Gasteiger partial charge < -0.3 is 5.32 Å². The van der Waals surface area contributed by atoms with Crippen molar-refractivity contribution < 1.29 is 9.20 Å². The number of aromatic nitrogens is 2. The molecule has 0 bridgehead atoms. The summed E-state index contributed by atoms with van der Waals surface area (Å²) < 4.78 is 2.08. The number of fused-ring (bicyclic) bond motifs is 3. The molecule has 29 heavy (non-hydrogen) atoms. The smallest absolute Gasteiger partial charge is 0.250 e. The zero-order chi connectivity index (χ0) is 20.5. The number of para-hydroxylation sites is 2. The first-order valence-corrected chi connectivity index (χ1v) is 9.56. The summed E-state index contributed by atoms with van der Waals surface area (Å²) in [6.45, 7) is 5.58. The Kier molecular flexibility index (Phi) is 4.65. The minimum Gasteiger partial charge on any atom is -0.326 e. The van der Waals surface area contributed by atoms with Gasteiger partial charge in [-0.3, -0.25) is 15.1 Å². The third kappa shape index (κ3) is 3.17. The molecule has 0 aliphatic carbocycles. The van der Waals surface area contributed by atoms with Gasteiger partial charge in [-0.1, -0.05) is 19.1 Å². The van der Waals surface area contributed by atoms with E-state index in [1.54, 1.807) is 0 Å². The molecule has 4 rings (SSSR count). The molecule has 0 saturated carbocycles. The highest BCUT2D eigenvalue weighted by Crippen LogP contribution is 2.28. The number of rotatable bonds is 4. The number of aromatic amines is 1. The number of anilines is 3. The summed E-state index contributed by atoms with van der Waals surface area (Å²) in [6.07, 6.45) is 0.787. The molecular formula is C23H22N5O+. The molecule has 1 amide bonds. The topological polar surface area (TPSA) is 84.8 Å². The second-order valence-corrected chi connectivity index (χ2v) is 7.00. The number of imidazole rings is 1. The molecule has 0 saturated heterocycles. The number of amides is 1. The molecule has 0 radical (unpaired) electrons. The van der Waals surface area contributed by atoms with Crippen LogP contribution in [0.4, 0.5) is 17.2 Å². The van der Waals surface area contributed by atoms with E-state index in [-0.39, 0.29) is 5.91 Å². The van der Waals surface area contributed by atoms with Crippen LogP contribution in [-0.2, 0) is 11.2 Å². The maximum Gasteiger partial charge on any atom is 0.250 e. The zero-order valence-corrected chi connectivity index (χ0v) is 16.6. The predicted molar refractivity (Wildman–Crippen MR) is 114 cm³/mol. The fourth-order valence-corrected chi connectivity index (χ4v) is 3.80. The van der Waals surface area contributed by atoms with Gasteiger partial charge in [0, 0.05) is 18.2 Å². The summed E-state index contributed by atoms with van der Waals surface area (Å²) >= 11 is 0. The van der Waals surface area contributed by atoms with Crippen LogP contribution in [0.3, 0.4) is 0 Å². The monoisotopic (exact) mass is 384 g/mol. The molecule has 0 aliphatic rings. The van der Waals surface area contributed by atoms with Crippen molar-refractivity contribution in [3.63, 3.8) is 0 Å². The van der Waals surface area contributed by atoms with E-state index in [0.29, 0.717) is 5.56 Å². The Labute approximate surface area is 168 Å². The Morgan fingerprint density at radius 1 is 1.14 bits per heavy atom. The normalized spacial score (nSPS) is 10.8. The highest BCUT2D eigenvalue weighted by Gasteiger charge is 2.25. The molecule has 6 heteroatoms. The van der Waals surface area contributed by atoms with E-state index in [0.717, 1.165) is 51.4 Å². The highest BCUT2D eigenvalue weighted by atomic mass is 16.1. The van der Waals surface area contributed by atoms with Crippen molar-refractivity contribution in [3.05, 3.63) is 65.2 Å². The van der Waals surface area contributed by atoms with E-state index in [4.69, 9.17) is 0 Å². The summed E-state index contributed by atoms with van der Waals surface area (Å²) in [5.41, 5.74) is 7.13. The number of nitrogens with zero attached hydrogens (tertiary/aromatic N) is 2. The lowest BCUT2D eigenvalue weighted by molar-refractivity contribution is -0.465. The van der Waals surface area contributed by atoms with Crippen molar-refractivity contribution in [2.75, 3.05) is 10.6 Å². The quantitative estimate of drug-likeness (QED) is 0.457. The van der Waals surface area contributed by atoms with Crippen molar-refractivity contribution in [2.24, 2.45) is 0 Å². The molecule has 144 valence electrons. The molecule has 2 aromatic heterocycles. The SMILES string of the molecule is CCc1c(C)c(C#N)c2[nH]c3ccccc3[n+]2c1Nc1ccc(NC(C)=O)cc1. The third-order valence-electron chi connectivity index (χ3n) is 5.13. The summed E-state index contributed by atoms with van der Waals surface area (Å²) in [5, 5.41) is 16.1. The van der Waals surface area contributed by atoms with Crippen molar-refractivity contribution in [1.82, 2.24) is 4.98 Å². The molecule has 3 N–H and O–H groups in total. The maximum atomic E-state index is 11.3. The number of hydrogen-bond acceptors (Lipinski definition) is 3. The lowest BCUT2D eigenvalue weighted by Crippen LogP contribution is -2.28. The van der Waals surface area contributed by atoms with Crippen LogP contribution in [-0.4, -0.2) is 10.9 Å². The fourth-order valence-electron chi connectivity index (χ4n) is 3.80. The molecular weight excluding hydrogens is 362 g/mol. The van der Waals surface area contributed by atoms with Crippen molar-refractivity contribution in [3.8, 4) is 6.07 Å². The molecule has 0 atom stereocenters. The predicted octanol–water partition coefficient (Wildman–Crippen LogP) is 4.35. The van der Waals surface area contributed by atoms with Crippen LogP contribution in [0.15, 0.2) is 48.5 Å². The molecule has 4 aromatic rings. The minimum absolute atomic E-state index is 0.0993. The molecule has 0 unspecified atom stereocenters. The average molecular weight is 384 g/mol. The molecule has 0 spiro atoms. The Hall–Kier alpha value is -3.85. The fraction of sp³-hybridized carbons (Fsp3) is 0.174. The lowest BCUT2D eigenvalue weighted by Gasteiger charge is -2.13. The summed E-state index contributed by atoms with van der Waals surface area (Å²) in [5.74, 6) is 0.835. The van der Waals surface area contributed by atoms with Crippen LogP contribution < -0.4 is 15.0 Å². The molecule has 0 fully saturated rings. The first kappa shape index (κ1) is 18.5. The first-order valence-electron chi connectivity index (χ1n) is 9.56. The lowest BCUT2D eigenvalue weighted by atomic mass is 10.0. The second-order valence-electron chi connectivity index (χ2n) is 7.00. The molecule has 2 heterocycles. The Morgan fingerprint density at radius 3 is 2.48 bits per heavy atom. The Balaban J connectivity index is 1.93. The number of pyridine rings is 1. The van der Waals surface area contributed by atoms with Gasteiger partial charge >= 0.3 is 0 Å². The number of carbonyl (C=O) groups excluding carboxylic acids is 1. The third-order valence-corrected chi connectivity index (χ3v) is 5.13. The van der Waals surface area contributed by atoms with E-state index in [9.17, 15) is 10.1 Å². The van der Waals surface area contributed by atoms with Gasteiger partial charge in [0.15, 0.2) is 0 Å². The summed E-state index contributed by atoms with van der Waals surface area (Å²) in [4.78, 5) is 14.7. The standard InChI is InChI=1S/C23H21N5O/c1-4-18-14(2)19(13-24)23-27-20-7-5-6-8-21(20)28(23)22(18)26-17-11-9-16(10-12-17)25-15(3)29/h5-12H,4H2,1-3H3,(H2,25,26,27,29)/p+1. The van der Waals surface area contributed by atoms with Crippen LogP contribution in [0.1, 0.15) is 30.5 Å². The van der Waals surface area contributed by atoms with E-state index >= 15 is 0 Å². The molecule has 0 aliphatic heterocycles. The molecule has 2 aromatic carbocycles. The number of nitriles is 1. The second kappa shape index (κ2) is 7.28. The van der Waals surface area contributed by atoms with E-state index in [1.165, 1.54) is 6.92 Å². The largest absolute Gasteiger partial charge is 0.326 e. The molecule has 6 nitrogen and oxygen atoms in total. The van der Waals surface area contributed by atoms with Gasteiger partial charge in [-0.2, -0.15) is 9.66 Å². The van der Waals surface area contributed by atoms with Crippen LogP contribution >= 0.6 is 0 Å². The summed E-state index contributed by atoms with van der Waals surface area (Å²) in [6, 6.07) is 18.0. The van der Waals surface area contributed by atoms with E-state index in [1.807, 2.05) is 55.5 Å². The maximum absolute atomic E-state index is 11.3. The number of H-pyrrole nitrogens is 1. The number of hydrogen-bond donors (Lipinski definition) is 3. The van der Waals surface area contributed by atoms with Gasteiger partial charge in [0.05, 0.1) is 5.69 Å². The van der Waals surface area contributed by atoms with Crippen LogP contribution in [0.2, 0.25) is 0 Å². The average Bonchev–Trinajstić information content (AvgIpc) is 3.08. The van der Waals surface area contributed by atoms with Gasteiger partial charge in [-0.15, -0.1) is 0 Å². The summed E-state index contributed by atoms with van der Waals surface area (Å²) in [7, 11) is 0. The Bertz CT molecular complexity index is 1280. The minimum atomic E-state index is -0.0993. The van der Waals surface area contributed by atoms with Crippen molar-refractivity contribution >= 4 is 39.8 Å². The number of benzene rings is 2. The van der Waals surface area contributed by atoms with E-state index < -0.39 is 0 Å². The number of nitrogens with one attached hydrogen (secondary N) is 3. The van der Waals surface area contributed by atoms with Crippen molar-refractivity contribution in [2.45, 2.75) is 27.2 Å².